The number of ether oxygens (including phenoxy) is 1. The molecule has 1 aliphatic rings. The van der Waals surface area contributed by atoms with Gasteiger partial charge in [-0.25, -0.2) is 0 Å². The SMILES string of the molecule is CNCc1cccc(Cl)c1OCc1nnc2n1CCCC2. The summed E-state index contributed by atoms with van der Waals surface area (Å²) in [6, 6.07) is 5.78. The maximum absolute atomic E-state index is 6.25. The highest BCUT2D eigenvalue weighted by molar-refractivity contribution is 6.32. The third kappa shape index (κ3) is 3.04. The van der Waals surface area contributed by atoms with Crippen molar-refractivity contribution in [2.75, 3.05) is 7.05 Å². The second-order valence-electron chi connectivity index (χ2n) is 5.19. The Kier molecular flexibility index (Phi) is 4.41. The van der Waals surface area contributed by atoms with Gasteiger partial charge in [0.05, 0.1) is 5.02 Å². The van der Waals surface area contributed by atoms with E-state index in [9.17, 15) is 0 Å². The van der Waals surface area contributed by atoms with E-state index in [1.165, 1.54) is 12.8 Å². The van der Waals surface area contributed by atoms with Crippen molar-refractivity contribution in [2.45, 2.75) is 39.0 Å². The summed E-state index contributed by atoms with van der Waals surface area (Å²) in [5.41, 5.74) is 1.04. The van der Waals surface area contributed by atoms with Crippen LogP contribution >= 0.6 is 11.6 Å². The van der Waals surface area contributed by atoms with E-state index in [1.54, 1.807) is 0 Å². The van der Waals surface area contributed by atoms with Gasteiger partial charge in [0.2, 0.25) is 0 Å². The Bertz CT molecular complexity index is 626. The molecule has 0 fully saturated rings. The van der Waals surface area contributed by atoms with Crippen LogP contribution in [0.4, 0.5) is 0 Å². The lowest BCUT2D eigenvalue weighted by atomic mass is 10.2. The fourth-order valence-electron chi connectivity index (χ4n) is 2.66. The number of nitrogens with zero attached hydrogens (tertiary/aromatic N) is 3. The van der Waals surface area contributed by atoms with Gasteiger partial charge in [-0.3, -0.25) is 0 Å². The van der Waals surface area contributed by atoms with Crippen molar-refractivity contribution in [3.8, 4) is 5.75 Å². The van der Waals surface area contributed by atoms with Crippen LogP contribution in [0.1, 0.15) is 30.1 Å². The second kappa shape index (κ2) is 6.45. The molecule has 3 rings (SSSR count). The minimum absolute atomic E-state index is 0.396. The third-order valence-corrected chi connectivity index (χ3v) is 4.00. The standard InChI is InChI=1S/C15H19ClN4O/c1-17-9-11-5-4-6-12(16)15(11)21-10-14-19-18-13-7-2-3-8-20(13)14/h4-6,17H,2-3,7-10H2,1H3. The number of benzene rings is 1. The van der Waals surface area contributed by atoms with Crippen LogP contribution in [-0.2, 0) is 26.1 Å². The van der Waals surface area contributed by atoms with Crippen LogP contribution in [0, 0.1) is 0 Å². The summed E-state index contributed by atoms with van der Waals surface area (Å²) in [6.45, 7) is 2.09. The molecule has 1 aromatic carbocycles. The van der Waals surface area contributed by atoms with Crippen molar-refractivity contribution < 1.29 is 4.74 Å². The number of hydrogen-bond acceptors (Lipinski definition) is 4. The lowest BCUT2D eigenvalue weighted by Crippen LogP contribution is -2.15. The van der Waals surface area contributed by atoms with Gasteiger partial charge in [-0.15, -0.1) is 10.2 Å². The number of para-hydroxylation sites is 1. The van der Waals surface area contributed by atoms with Gasteiger partial charge in [0.25, 0.3) is 0 Å². The lowest BCUT2D eigenvalue weighted by molar-refractivity contribution is 0.283. The zero-order chi connectivity index (χ0) is 14.7. The Morgan fingerprint density at radius 2 is 2.24 bits per heavy atom. The van der Waals surface area contributed by atoms with Crippen molar-refractivity contribution in [1.82, 2.24) is 20.1 Å². The van der Waals surface area contributed by atoms with Gasteiger partial charge < -0.3 is 14.6 Å². The van der Waals surface area contributed by atoms with Gasteiger partial charge in [0, 0.05) is 25.1 Å². The average Bonchev–Trinajstić information content (AvgIpc) is 2.90. The van der Waals surface area contributed by atoms with Gasteiger partial charge in [0.1, 0.15) is 18.2 Å². The van der Waals surface area contributed by atoms with E-state index in [1.807, 2.05) is 25.2 Å². The molecular formula is C15H19ClN4O. The molecule has 112 valence electrons. The molecular weight excluding hydrogens is 288 g/mol. The molecule has 0 spiro atoms. The van der Waals surface area contributed by atoms with Gasteiger partial charge in [-0.1, -0.05) is 23.7 Å². The fourth-order valence-corrected chi connectivity index (χ4v) is 2.91. The highest BCUT2D eigenvalue weighted by Crippen LogP contribution is 2.29. The second-order valence-corrected chi connectivity index (χ2v) is 5.60. The van der Waals surface area contributed by atoms with E-state index in [-0.39, 0.29) is 0 Å². The van der Waals surface area contributed by atoms with E-state index in [0.29, 0.717) is 18.2 Å². The Hall–Kier alpha value is -1.59. The van der Waals surface area contributed by atoms with Crippen molar-refractivity contribution in [2.24, 2.45) is 0 Å². The molecule has 0 saturated carbocycles. The Labute approximate surface area is 129 Å². The summed E-state index contributed by atoms with van der Waals surface area (Å²) < 4.78 is 8.10. The zero-order valence-electron chi connectivity index (χ0n) is 12.1. The topological polar surface area (TPSA) is 52.0 Å². The minimum Gasteiger partial charge on any atom is -0.484 e. The molecule has 0 atom stereocenters. The molecule has 0 amide bonds. The summed E-state index contributed by atoms with van der Waals surface area (Å²) in [5.74, 6) is 2.66. The normalized spacial score (nSPS) is 14.0. The predicted molar refractivity (Wildman–Crippen MR) is 81.5 cm³/mol. The van der Waals surface area contributed by atoms with E-state index in [2.05, 4.69) is 20.1 Å². The molecule has 1 aliphatic heterocycles. The molecule has 0 aliphatic carbocycles. The van der Waals surface area contributed by atoms with Crippen molar-refractivity contribution in [1.29, 1.82) is 0 Å². The fraction of sp³-hybridized carbons (Fsp3) is 0.467. The first-order chi connectivity index (χ1) is 10.3. The average molecular weight is 307 g/mol. The smallest absolute Gasteiger partial charge is 0.171 e. The first kappa shape index (κ1) is 14.4. The Balaban J connectivity index is 1.77. The molecule has 0 radical (unpaired) electrons. The Morgan fingerprint density at radius 1 is 1.33 bits per heavy atom. The van der Waals surface area contributed by atoms with Crippen LogP contribution in [-0.4, -0.2) is 21.8 Å². The molecule has 5 nitrogen and oxygen atoms in total. The van der Waals surface area contributed by atoms with Gasteiger partial charge >= 0.3 is 0 Å². The minimum atomic E-state index is 0.396. The molecule has 0 bridgehead atoms. The quantitative estimate of drug-likeness (QED) is 0.922. The van der Waals surface area contributed by atoms with E-state index < -0.39 is 0 Å². The third-order valence-electron chi connectivity index (χ3n) is 3.70. The Morgan fingerprint density at radius 3 is 3.10 bits per heavy atom. The van der Waals surface area contributed by atoms with Crippen LogP contribution in [0.5, 0.6) is 5.75 Å². The zero-order valence-corrected chi connectivity index (χ0v) is 12.9. The van der Waals surface area contributed by atoms with Gasteiger partial charge in [-0.05, 0) is 26.0 Å². The van der Waals surface area contributed by atoms with Crippen molar-refractivity contribution >= 4 is 11.6 Å². The highest BCUT2D eigenvalue weighted by Gasteiger charge is 2.17. The van der Waals surface area contributed by atoms with Crippen LogP contribution in [0.15, 0.2) is 18.2 Å². The molecule has 21 heavy (non-hydrogen) atoms. The monoisotopic (exact) mass is 306 g/mol. The molecule has 1 N–H and O–H groups in total. The lowest BCUT2D eigenvalue weighted by Gasteiger charge is -2.16. The number of halogens is 1. The van der Waals surface area contributed by atoms with Crippen molar-refractivity contribution in [3.05, 3.63) is 40.4 Å². The molecule has 0 unspecified atom stereocenters. The van der Waals surface area contributed by atoms with Crippen molar-refractivity contribution in [3.63, 3.8) is 0 Å². The summed E-state index contributed by atoms with van der Waals surface area (Å²) in [4.78, 5) is 0. The number of hydrogen-bond donors (Lipinski definition) is 1. The van der Waals surface area contributed by atoms with E-state index >= 15 is 0 Å². The first-order valence-corrected chi connectivity index (χ1v) is 7.63. The first-order valence-electron chi connectivity index (χ1n) is 7.25. The maximum atomic E-state index is 6.25. The molecule has 0 saturated heterocycles. The number of nitrogens with one attached hydrogen (secondary N) is 1. The highest BCUT2D eigenvalue weighted by atomic mass is 35.5. The summed E-state index contributed by atoms with van der Waals surface area (Å²) in [7, 11) is 1.90. The van der Waals surface area contributed by atoms with Gasteiger partial charge in [-0.2, -0.15) is 0 Å². The molecule has 2 heterocycles. The van der Waals surface area contributed by atoms with Gasteiger partial charge in [0.15, 0.2) is 5.82 Å². The van der Waals surface area contributed by atoms with Crippen LogP contribution in [0.2, 0.25) is 5.02 Å². The molecule has 1 aromatic heterocycles. The van der Waals surface area contributed by atoms with Crippen LogP contribution in [0.3, 0.4) is 0 Å². The number of rotatable bonds is 5. The molecule has 2 aromatic rings. The number of aromatic nitrogens is 3. The van der Waals surface area contributed by atoms with E-state index in [4.69, 9.17) is 16.3 Å². The van der Waals surface area contributed by atoms with Crippen LogP contribution < -0.4 is 10.1 Å². The summed E-state index contributed by atoms with van der Waals surface area (Å²) in [6.07, 6.45) is 3.37. The van der Waals surface area contributed by atoms with E-state index in [0.717, 1.165) is 35.9 Å². The molecule has 6 heteroatoms. The summed E-state index contributed by atoms with van der Waals surface area (Å²) >= 11 is 6.25. The maximum Gasteiger partial charge on any atom is 0.171 e. The largest absolute Gasteiger partial charge is 0.484 e. The number of aryl methyl sites for hydroxylation is 1. The predicted octanol–water partition coefficient (Wildman–Crippen LogP) is 2.57. The van der Waals surface area contributed by atoms with Crippen LogP contribution in [0.25, 0.3) is 0 Å². The summed E-state index contributed by atoms with van der Waals surface area (Å²) in [5, 5.41) is 12.2. The number of fused-ring (bicyclic) bond motifs is 1.